The number of furan rings is 1. The minimum atomic E-state index is -0.319. The second kappa shape index (κ2) is 5.64. The van der Waals surface area contributed by atoms with Crippen LogP contribution in [0.4, 0.5) is 10.2 Å². The molecule has 18 heavy (non-hydrogen) atoms. The molecule has 2 aromatic rings. The van der Waals surface area contributed by atoms with Gasteiger partial charge in [0.15, 0.2) is 0 Å². The largest absolute Gasteiger partial charge is 0.472 e. The van der Waals surface area contributed by atoms with Gasteiger partial charge in [-0.25, -0.2) is 9.37 Å². The van der Waals surface area contributed by atoms with E-state index in [4.69, 9.17) is 4.42 Å². The summed E-state index contributed by atoms with van der Waals surface area (Å²) in [4.78, 5) is 6.13. The molecule has 0 aliphatic rings. The number of pyridine rings is 1. The van der Waals surface area contributed by atoms with Crippen molar-refractivity contribution in [1.29, 1.82) is 0 Å². The smallest absolute Gasteiger partial charge is 0.141 e. The average molecular weight is 249 g/mol. The lowest BCUT2D eigenvalue weighted by Crippen LogP contribution is -2.21. The molecule has 0 fully saturated rings. The molecular formula is C13H16FN3O. The Morgan fingerprint density at radius 1 is 1.50 bits per heavy atom. The summed E-state index contributed by atoms with van der Waals surface area (Å²) in [6.07, 6.45) is 4.56. The Kier molecular flexibility index (Phi) is 3.94. The van der Waals surface area contributed by atoms with Crippen molar-refractivity contribution in [3.8, 4) is 0 Å². The van der Waals surface area contributed by atoms with Gasteiger partial charge in [0.05, 0.1) is 18.7 Å². The van der Waals surface area contributed by atoms with E-state index in [1.54, 1.807) is 12.5 Å². The summed E-state index contributed by atoms with van der Waals surface area (Å²) in [6, 6.07) is 3.41. The average Bonchev–Trinajstić information content (AvgIpc) is 2.82. The predicted octanol–water partition coefficient (Wildman–Crippen LogP) is 2.17. The number of rotatable bonds is 5. The molecule has 0 saturated heterocycles. The van der Waals surface area contributed by atoms with E-state index < -0.39 is 0 Å². The molecule has 0 bridgehead atoms. The summed E-state index contributed by atoms with van der Waals surface area (Å²) in [7, 11) is 3.75. The molecule has 0 aliphatic heterocycles. The van der Waals surface area contributed by atoms with Crippen LogP contribution in [0.5, 0.6) is 0 Å². The first-order chi connectivity index (χ1) is 8.70. The van der Waals surface area contributed by atoms with Crippen molar-refractivity contribution in [1.82, 2.24) is 10.3 Å². The molecular weight excluding hydrogens is 233 g/mol. The molecule has 2 heterocycles. The number of aromatic nitrogens is 1. The molecule has 2 rings (SSSR count). The normalized spacial score (nSPS) is 10.6. The van der Waals surface area contributed by atoms with Crippen molar-refractivity contribution in [3.63, 3.8) is 0 Å². The standard InChI is InChI=1S/C13H16FN3O/c1-15-6-11-5-12(14)7-16-13(11)17(2)8-10-3-4-18-9-10/h3-5,7,9,15H,6,8H2,1-2H3. The minimum absolute atomic E-state index is 0.319. The van der Waals surface area contributed by atoms with Crippen LogP contribution in [0.15, 0.2) is 35.3 Å². The third kappa shape index (κ3) is 2.87. The van der Waals surface area contributed by atoms with Gasteiger partial charge in [-0.05, 0) is 19.2 Å². The maximum absolute atomic E-state index is 13.2. The highest BCUT2D eigenvalue weighted by molar-refractivity contribution is 5.46. The highest BCUT2D eigenvalue weighted by atomic mass is 19.1. The van der Waals surface area contributed by atoms with E-state index in [1.165, 1.54) is 12.3 Å². The zero-order chi connectivity index (χ0) is 13.0. The van der Waals surface area contributed by atoms with Crippen molar-refractivity contribution in [2.75, 3.05) is 19.0 Å². The topological polar surface area (TPSA) is 41.3 Å². The predicted molar refractivity (Wildman–Crippen MR) is 67.8 cm³/mol. The van der Waals surface area contributed by atoms with Gasteiger partial charge in [-0.2, -0.15) is 0 Å². The van der Waals surface area contributed by atoms with Crippen LogP contribution in [-0.2, 0) is 13.1 Å². The number of nitrogens with one attached hydrogen (secondary N) is 1. The van der Waals surface area contributed by atoms with Gasteiger partial charge in [0, 0.05) is 31.3 Å². The van der Waals surface area contributed by atoms with Crippen LogP contribution in [0.25, 0.3) is 0 Å². The van der Waals surface area contributed by atoms with Crippen molar-refractivity contribution in [2.45, 2.75) is 13.1 Å². The zero-order valence-corrected chi connectivity index (χ0v) is 10.5. The highest BCUT2D eigenvalue weighted by Crippen LogP contribution is 2.19. The van der Waals surface area contributed by atoms with Gasteiger partial charge in [-0.1, -0.05) is 0 Å². The summed E-state index contributed by atoms with van der Waals surface area (Å²) in [5.41, 5.74) is 1.89. The lowest BCUT2D eigenvalue weighted by atomic mass is 10.2. The molecule has 0 radical (unpaired) electrons. The van der Waals surface area contributed by atoms with E-state index in [2.05, 4.69) is 10.3 Å². The SMILES string of the molecule is CNCc1cc(F)cnc1N(C)Cc1ccoc1. The molecule has 5 heteroatoms. The van der Waals surface area contributed by atoms with Gasteiger partial charge in [0.2, 0.25) is 0 Å². The highest BCUT2D eigenvalue weighted by Gasteiger charge is 2.11. The van der Waals surface area contributed by atoms with Gasteiger partial charge < -0.3 is 14.6 Å². The molecule has 0 aromatic carbocycles. The van der Waals surface area contributed by atoms with E-state index in [9.17, 15) is 4.39 Å². The third-order valence-corrected chi connectivity index (χ3v) is 2.64. The molecule has 0 amide bonds. The van der Waals surface area contributed by atoms with E-state index in [-0.39, 0.29) is 5.82 Å². The molecule has 0 spiro atoms. The lowest BCUT2D eigenvalue weighted by molar-refractivity contribution is 0.563. The first-order valence-electron chi connectivity index (χ1n) is 5.72. The number of hydrogen-bond donors (Lipinski definition) is 1. The number of hydrogen-bond acceptors (Lipinski definition) is 4. The minimum Gasteiger partial charge on any atom is -0.472 e. The molecule has 0 aliphatic carbocycles. The van der Waals surface area contributed by atoms with E-state index in [0.717, 1.165) is 16.9 Å². The van der Waals surface area contributed by atoms with Gasteiger partial charge in [-0.15, -0.1) is 0 Å². The number of nitrogens with zero attached hydrogens (tertiary/aromatic N) is 2. The molecule has 2 aromatic heterocycles. The third-order valence-electron chi connectivity index (χ3n) is 2.64. The molecule has 4 nitrogen and oxygen atoms in total. The summed E-state index contributed by atoms with van der Waals surface area (Å²) in [6.45, 7) is 1.25. The van der Waals surface area contributed by atoms with Crippen LogP contribution >= 0.6 is 0 Å². The molecule has 0 saturated carbocycles. The van der Waals surface area contributed by atoms with Gasteiger partial charge in [-0.3, -0.25) is 0 Å². The van der Waals surface area contributed by atoms with Crippen molar-refractivity contribution in [2.24, 2.45) is 0 Å². The van der Waals surface area contributed by atoms with Gasteiger partial charge >= 0.3 is 0 Å². The second-order valence-corrected chi connectivity index (χ2v) is 4.15. The lowest BCUT2D eigenvalue weighted by Gasteiger charge is -2.20. The summed E-state index contributed by atoms with van der Waals surface area (Å²) < 4.78 is 18.2. The molecule has 96 valence electrons. The fraction of sp³-hybridized carbons (Fsp3) is 0.308. The van der Waals surface area contributed by atoms with E-state index in [0.29, 0.717) is 13.1 Å². The first-order valence-corrected chi connectivity index (χ1v) is 5.72. The first kappa shape index (κ1) is 12.6. The van der Waals surface area contributed by atoms with Gasteiger partial charge in [0.1, 0.15) is 11.6 Å². The van der Waals surface area contributed by atoms with E-state index in [1.807, 2.05) is 25.1 Å². The van der Waals surface area contributed by atoms with Crippen LogP contribution < -0.4 is 10.2 Å². The molecule has 0 unspecified atom stereocenters. The van der Waals surface area contributed by atoms with Gasteiger partial charge in [0.25, 0.3) is 0 Å². The van der Waals surface area contributed by atoms with E-state index >= 15 is 0 Å². The Balaban J connectivity index is 2.20. The summed E-state index contributed by atoms with van der Waals surface area (Å²) in [5, 5.41) is 3.01. The van der Waals surface area contributed by atoms with Crippen LogP contribution in [0.1, 0.15) is 11.1 Å². The zero-order valence-electron chi connectivity index (χ0n) is 10.5. The Morgan fingerprint density at radius 3 is 3.00 bits per heavy atom. The quantitative estimate of drug-likeness (QED) is 0.881. The summed E-state index contributed by atoms with van der Waals surface area (Å²) in [5.74, 6) is 0.452. The Bertz CT molecular complexity index is 499. The monoisotopic (exact) mass is 249 g/mol. The number of anilines is 1. The molecule has 1 N–H and O–H groups in total. The molecule has 0 atom stereocenters. The van der Waals surface area contributed by atoms with Crippen LogP contribution in [-0.4, -0.2) is 19.1 Å². The maximum atomic E-state index is 13.2. The second-order valence-electron chi connectivity index (χ2n) is 4.15. The van der Waals surface area contributed by atoms with Crippen LogP contribution in [0.2, 0.25) is 0 Å². The number of halogens is 1. The fourth-order valence-electron chi connectivity index (χ4n) is 1.87. The van der Waals surface area contributed by atoms with Crippen molar-refractivity contribution >= 4 is 5.82 Å². The maximum Gasteiger partial charge on any atom is 0.141 e. The summed E-state index contributed by atoms with van der Waals surface area (Å²) >= 11 is 0. The van der Waals surface area contributed by atoms with Crippen LogP contribution in [0.3, 0.4) is 0 Å². The van der Waals surface area contributed by atoms with Crippen molar-refractivity contribution in [3.05, 3.63) is 47.8 Å². The van der Waals surface area contributed by atoms with Crippen LogP contribution in [0, 0.1) is 5.82 Å². The Hall–Kier alpha value is -1.88. The van der Waals surface area contributed by atoms with Crippen molar-refractivity contribution < 1.29 is 8.81 Å². The Labute approximate surface area is 105 Å². The Morgan fingerprint density at radius 2 is 2.33 bits per heavy atom. The fourth-order valence-corrected chi connectivity index (χ4v) is 1.87.